The number of oxazole rings is 1. The van der Waals surface area contributed by atoms with Gasteiger partial charge >= 0.3 is 5.97 Å². The highest BCUT2D eigenvalue weighted by Crippen LogP contribution is 2.29. The van der Waals surface area contributed by atoms with Gasteiger partial charge in [0.1, 0.15) is 11.7 Å². The number of rotatable bonds is 8. The van der Waals surface area contributed by atoms with Crippen LogP contribution in [0.25, 0.3) is 11.1 Å². The molecule has 1 aromatic heterocycles. The van der Waals surface area contributed by atoms with E-state index in [1.54, 1.807) is 4.90 Å². The lowest BCUT2D eigenvalue weighted by molar-refractivity contribution is -0.148. The SMILES string of the molecule is COC(=O)C1CCC(OC[C@@H]2C[C@H](F)CN2C(=O)Cc2ccc(Nc3nc4ccccc4o3)c(C)c2)CC1. The first-order valence-electron chi connectivity index (χ1n) is 13.2. The van der Waals surface area contributed by atoms with Crippen molar-refractivity contribution in [2.24, 2.45) is 5.92 Å². The average Bonchev–Trinajstić information content (AvgIpc) is 3.51. The van der Waals surface area contributed by atoms with Gasteiger partial charge in [-0.3, -0.25) is 9.59 Å². The van der Waals surface area contributed by atoms with Crippen molar-refractivity contribution in [3.63, 3.8) is 0 Å². The first-order chi connectivity index (χ1) is 18.4. The topological polar surface area (TPSA) is 93.9 Å². The van der Waals surface area contributed by atoms with Gasteiger partial charge in [-0.2, -0.15) is 4.98 Å². The number of aromatic nitrogens is 1. The largest absolute Gasteiger partial charge is 0.469 e. The zero-order valence-corrected chi connectivity index (χ0v) is 21.8. The van der Waals surface area contributed by atoms with Gasteiger partial charge in [0.05, 0.1) is 44.7 Å². The first kappa shape index (κ1) is 26.2. The van der Waals surface area contributed by atoms with E-state index in [4.69, 9.17) is 13.9 Å². The molecule has 0 spiro atoms. The number of carbonyl (C=O) groups is 2. The predicted molar refractivity (Wildman–Crippen MR) is 141 cm³/mol. The first-order valence-corrected chi connectivity index (χ1v) is 13.2. The van der Waals surface area contributed by atoms with Crippen LogP contribution in [0.3, 0.4) is 0 Å². The Balaban J connectivity index is 1.15. The summed E-state index contributed by atoms with van der Waals surface area (Å²) in [4.78, 5) is 31.0. The van der Waals surface area contributed by atoms with Gasteiger partial charge in [-0.05, 0) is 61.9 Å². The maximum Gasteiger partial charge on any atom is 0.308 e. The Bertz CT molecular complexity index is 1250. The Labute approximate surface area is 221 Å². The highest BCUT2D eigenvalue weighted by atomic mass is 19.1. The van der Waals surface area contributed by atoms with Crippen LogP contribution in [0.15, 0.2) is 46.9 Å². The molecule has 8 nitrogen and oxygen atoms in total. The fourth-order valence-corrected chi connectivity index (χ4v) is 5.50. The van der Waals surface area contributed by atoms with Crippen LogP contribution in [-0.4, -0.2) is 60.3 Å². The second-order valence-electron chi connectivity index (χ2n) is 10.3. The smallest absolute Gasteiger partial charge is 0.308 e. The summed E-state index contributed by atoms with van der Waals surface area (Å²) in [5, 5.41) is 3.21. The number of ether oxygens (including phenoxy) is 2. The van der Waals surface area contributed by atoms with Gasteiger partial charge < -0.3 is 24.1 Å². The standard InChI is InChI=1S/C29H34FN3O5/c1-18-13-19(7-12-24(18)31-29-32-25-5-3-4-6-26(25)38-29)14-27(34)33-16-21(30)15-22(33)17-37-23-10-8-20(9-11-23)28(35)36-2/h3-7,12-13,20-23H,8-11,14-17H2,1-2H3,(H,31,32)/t20?,21-,22-,23?/m0/s1. The van der Waals surface area contributed by atoms with Gasteiger partial charge in [-0.25, -0.2) is 4.39 Å². The number of halogens is 1. The summed E-state index contributed by atoms with van der Waals surface area (Å²) < 4.78 is 31.0. The molecule has 2 fully saturated rings. The minimum absolute atomic E-state index is 0.0236. The van der Waals surface area contributed by atoms with E-state index >= 15 is 0 Å². The monoisotopic (exact) mass is 523 g/mol. The molecule has 2 heterocycles. The molecule has 1 amide bonds. The van der Waals surface area contributed by atoms with E-state index in [0.29, 0.717) is 18.2 Å². The van der Waals surface area contributed by atoms with Crippen LogP contribution in [0.4, 0.5) is 16.1 Å². The number of anilines is 2. The number of nitrogens with one attached hydrogen (secondary N) is 1. The molecule has 0 bridgehead atoms. The lowest BCUT2D eigenvalue weighted by Crippen LogP contribution is -2.40. The Morgan fingerprint density at radius 3 is 2.68 bits per heavy atom. The van der Waals surface area contributed by atoms with Crippen LogP contribution in [0.2, 0.25) is 0 Å². The van der Waals surface area contributed by atoms with Gasteiger partial charge in [0, 0.05) is 12.1 Å². The van der Waals surface area contributed by atoms with Gasteiger partial charge in [0.2, 0.25) is 5.91 Å². The molecule has 1 N–H and O–H groups in total. The van der Waals surface area contributed by atoms with Crippen molar-refractivity contribution in [3.8, 4) is 0 Å². The van der Waals surface area contributed by atoms with E-state index < -0.39 is 6.17 Å². The molecule has 0 radical (unpaired) electrons. The maximum absolute atomic E-state index is 14.3. The number of methoxy groups -OCH3 is 1. The predicted octanol–water partition coefficient (Wildman–Crippen LogP) is 5.11. The number of likely N-dealkylation sites (tertiary alicyclic amines) is 1. The summed E-state index contributed by atoms with van der Waals surface area (Å²) in [6, 6.07) is 13.4. The Kier molecular flexibility index (Phi) is 7.93. The van der Waals surface area contributed by atoms with Gasteiger partial charge in [-0.1, -0.05) is 24.3 Å². The van der Waals surface area contributed by atoms with E-state index in [1.165, 1.54) is 7.11 Å². The number of hydrogen-bond acceptors (Lipinski definition) is 7. The number of alkyl halides is 1. The summed E-state index contributed by atoms with van der Waals surface area (Å²) in [5.74, 6) is -0.339. The summed E-state index contributed by atoms with van der Waals surface area (Å²) in [6.45, 7) is 2.36. The molecule has 2 aliphatic rings. The minimum atomic E-state index is -1.05. The third-order valence-corrected chi connectivity index (χ3v) is 7.60. The number of para-hydroxylation sites is 2. The van der Waals surface area contributed by atoms with E-state index in [1.807, 2.05) is 49.4 Å². The molecule has 1 aliphatic heterocycles. The zero-order valence-electron chi connectivity index (χ0n) is 21.8. The van der Waals surface area contributed by atoms with Crippen molar-refractivity contribution < 1.29 is 27.9 Å². The zero-order chi connectivity index (χ0) is 26.6. The molecule has 2 aromatic carbocycles. The molecule has 0 unspecified atom stereocenters. The fraction of sp³-hybridized carbons (Fsp3) is 0.483. The summed E-state index contributed by atoms with van der Waals surface area (Å²) in [5.41, 5.74) is 4.13. The fourth-order valence-electron chi connectivity index (χ4n) is 5.50. The molecular weight excluding hydrogens is 489 g/mol. The lowest BCUT2D eigenvalue weighted by Gasteiger charge is -2.30. The van der Waals surface area contributed by atoms with Crippen LogP contribution >= 0.6 is 0 Å². The number of carbonyl (C=O) groups excluding carboxylic acids is 2. The maximum atomic E-state index is 14.3. The van der Waals surface area contributed by atoms with Crippen molar-refractivity contribution >= 4 is 34.7 Å². The normalized spacial score (nSPS) is 23.5. The molecule has 38 heavy (non-hydrogen) atoms. The van der Waals surface area contributed by atoms with Crippen molar-refractivity contribution in [2.45, 2.75) is 63.8 Å². The van der Waals surface area contributed by atoms with Crippen LogP contribution < -0.4 is 5.32 Å². The highest BCUT2D eigenvalue weighted by Gasteiger charge is 2.36. The second kappa shape index (κ2) is 11.5. The molecule has 1 saturated heterocycles. The summed E-state index contributed by atoms with van der Waals surface area (Å²) in [7, 11) is 1.41. The van der Waals surface area contributed by atoms with Crippen molar-refractivity contribution in [3.05, 3.63) is 53.6 Å². The van der Waals surface area contributed by atoms with E-state index in [0.717, 1.165) is 48.0 Å². The third-order valence-electron chi connectivity index (χ3n) is 7.60. The van der Waals surface area contributed by atoms with E-state index in [9.17, 15) is 14.0 Å². The lowest BCUT2D eigenvalue weighted by atomic mass is 9.87. The summed E-state index contributed by atoms with van der Waals surface area (Å²) >= 11 is 0. The summed E-state index contributed by atoms with van der Waals surface area (Å²) in [6.07, 6.45) is 2.45. The van der Waals surface area contributed by atoms with E-state index in [-0.39, 0.29) is 49.3 Å². The molecular formula is C29H34FN3O5. The number of nitrogens with zero attached hydrogens (tertiary/aromatic N) is 2. The number of amides is 1. The van der Waals surface area contributed by atoms with Crippen LogP contribution in [0.1, 0.15) is 43.2 Å². The third kappa shape index (κ3) is 5.99. The van der Waals surface area contributed by atoms with Crippen molar-refractivity contribution in [2.75, 3.05) is 25.6 Å². The van der Waals surface area contributed by atoms with Crippen molar-refractivity contribution in [1.82, 2.24) is 9.88 Å². The van der Waals surface area contributed by atoms with Crippen molar-refractivity contribution in [1.29, 1.82) is 0 Å². The number of hydrogen-bond donors (Lipinski definition) is 1. The molecule has 202 valence electrons. The van der Waals surface area contributed by atoms with Crippen LogP contribution in [0.5, 0.6) is 0 Å². The molecule has 3 aromatic rings. The van der Waals surface area contributed by atoms with Crippen LogP contribution in [-0.2, 0) is 25.5 Å². The molecule has 1 saturated carbocycles. The average molecular weight is 524 g/mol. The Morgan fingerprint density at radius 2 is 1.95 bits per heavy atom. The Morgan fingerprint density at radius 1 is 1.16 bits per heavy atom. The van der Waals surface area contributed by atoms with Gasteiger partial charge in [0.25, 0.3) is 6.01 Å². The van der Waals surface area contributed by atoms with Gasteiger partial charge in [-0.15, -0.1) is 0 Å². The quantitative estimate of drug-likeness (QED) is 0.410. The number of aryl methyl sites for hydroxylation is 1. The molecule has 5 rings (SSSR count). The van der Waals surface area contributed by atoms with Crippen LogP contribution in [0, 0.1) is 12.8 Å². The number of esters is 1. The number of fused-ring (bicyclic) bond motifs is 1. The Hall–Kier alpha value is -3.46. The number of benzene rings is 2. The minimum Gasteiger partial charge on any atom is -0.469 e. The second-order valence-corrected chi connectivity index (χ2v) is 10.3. The molecule has 2 atom stereocenters. The molecule has 1 aliphatic carbocycles. The van der Waals surface area contributed by atoms with Gasteiger partial charge in [0.15, 0.2) is 5.58 Å². The highest BCUT2D eigenvalue weighted by molar-refractivity contribution is 5.80. The van der Waals surface area contributed by atoms with E-state index in [2.05, 4.69) is 10.3 Å². The molecule has 9 heteroatoms.